The van der Waals surface area contributed by atoms with Gasteiger partial charge >= 0.3 is 23.9 Å². The highest BCUT2D eigenvalue weighted by atomic mass is 16.6. The molecule has 1 aromatic carbocycles. The van der Waals surface area contributed by atoms with Crippen LogP contribution < -0.4 is 0 Å². The maximum absolute atomic E-state index is 14.8. The molecule has 3 rings (SSSR count). The molecule has 1 saturated heterocycles. The van der Waals surface area contributed by atoms with Crippen molar-refractivity contribution in [3.63, 3.8) is 0 Å². The molecule has 1 aliphatic heterocycles. The molecule has 0 N–H and O–H groups in total. The predicted octanol–water partition coefficient (Wildman–Crippen LogP) is 4.69. The van der Waals surface area contributed by atoms with Crippen molar-refractivity contribution in [2.24, 2.45) is 23.7 Å². The van der Waals surface area contributed by atoms with Crippen molar-refractivity contribution in [2.75, 3.05) is 28.2 Å². The van der Waals surface area contributed by atoms with Gasteiger partial charge in [0.1, 0.15) is 24.2 Å². The highest BCUT2D eigenvalue weighted by Crippen LogP contribution is 2.24. The maximum Gasteiger partial charge on any atom is 0.329 e. The van der Waals surface area contributed by atoms with Gasteiger partial charge in [-0.2, -0.15) is 5.10 Å². The standard InChI is InChI=1S/C50H76N6O12/c1-16-38-44(58)53(13)37(26-30(5)6)48(62)68-40(27-34-19-21-35(22-20-34)28-56-24-18-23-51-56)46(60)55(15)41(31(7)8)49(63)65-33(11)43(57)52(12)36(25-29(3)4)47(61)66-39(17-2)45(59)54(14)42(32(9)10)50(64)67-38/h18-24,29-33,36-42H,16-17,25-28H2,1-15H3/t33-,36+,37+,38-,39-,40-,41?,42?/m1/s1. The first-order chi connectivity index (χ1) is 31.8. The smallest absolute Gasteiger partial charge is 0.329 e. The van der Waals surface area contributed by atoms with Crippen LogP contribution in [0.4, 0.5) is 0 Å². The largest absolute Gasteiger partial charge is 0.451 e. The fourth-order valence-electron chi connectivity index (χ4n) is 8.34. The van der Waals surface area contributed by atoms with E-state index in [9.17, 15) is 38.4 Å². The van der Waals surface area contributed by atoms with Gasteiger partial charge in [0.15, 0.2) is 24.4 Å². The number of aromatic nitrogens is 2. The molecule has 18 heteroatoms. The molecule has 2 aromatic rings. The number of nitrogens with zero attached hydrogens (tertiary/aromatic N) is 6. The second-order valence-corrected chi connectivity index (χ2v) is 19.4. The molecule has 0 radical (unpaired) electrons. The summed E-state index contributed by atoms with van der Waals surface area (Å²) < 4.78 is 25.3. The molecule has 2 heterocycles. The van der Waals surface area contributed by atoms with Gasteiger partial charge in [-0.05, 0) is 73.5 Å². The topological polar surface area (TPSA) is 204 Å². The van der Waals surface area contributed by atoms with Crippen LogP contribution in [0, 0.1) is 23.7 Å². The van der Waals surface area contributed by atoms with Crippen LogP contribution >= 0.6 is 0 Å². The van der Waals surface area contributed by atoms with Crippen LogP contribution in [0.5, 0.6) is 0 Å². The Morgan fingerprint density at radius 2 is 0.926 bits per heavy atom. The minimum absolute atomic E-state index is 0.00706. The summed E-state index contributed by atoms with van der Waals surface area (Å²) in [5.41, 5.74) is 1.54. The van der Waals surface area contributed by atoms with Crippen LogP contribution in [0.1, 0.15) is 113 Å². The van der Waals surface area contributed by atoms with Crippen molar-refractivity contribution in [3.05, 3.63) is 53.9 Å². The SMILES string of the molecule is CC[C@H]1OC(=O)[C@H](CC(C)C)N(C)C(=O)[C@@H](C)OC(=O)C(C(C)C)N(C)C(=O)[C@@H](Cc2ccc(Cn3cccn3)cc2)OC(=O)[C@H](CC(C)C)N(C)C(=O)[C@@H](CC)OC(=O)C(C(C)C)N(C)C1=O. The number of carbonyl (C=O) groups excluding carboxylic acids is 8. The summed E-state index contributed by atoms with van der Waals surface area (Å²) in [6.45, 7) is 19.3. The normalized spacial score (nSPS) is 25.3. The van der Waals surface area contributed by atoms with Crippen molar-refractivity contribution >= 4 is 47.5 Å². The van der Waals surface area contributed by atoms with Crippen molar-refractivity contribution in [3.8, 4) is 0 Å². The second kappa shape index (κ2) is 25.5. The van der Waals surface area contributed by atoms with E-state index >= 15 is 0 Å². The van der Waals surface area contributed by atoms with Crippen LogP contribution in [0.25, 0.3) is 0 Å². The van der Waals surface area contributed by atoms with E-state index in [2.05, 4.69) is 5.10 Å². The maximum atomic E-state index is 14.8. The zero-order chi connectivity index (χ0) is 51.3. The minimum Gasteiger partial charge on any atom is -0.451 e. The third-order valence-electron chi connectivity index (χ3n) is 12.2. The van der Waals surface area contributed by atoms with Gasteiger partial charge in [0.25, 0.3) is 23.6 Å². The van der Waals surface area contributed by atoms with Gasteiger partial charge in [-0.15, -0.1) is 0 Å². The lowest BCUT2D eigenvalue weighted by atomic mass is 9.99. The van der Waals surface area contributed by atoms with E-state index in [0.717, 1.165) is 25.2 Å². The summed E-state index contributed by atoms with van der Waals surface area (Å²) in [6, 6.07) is 4.17. The number of hydrogen-bond donors (Lipinski definition) is 0. The first-order valence-electron chi connectivity index (χ1n) is 23.8. The molecule has 0 spiro atoms. The Morgan fingerprint density at radius 1 is 0.529 bits per heavy atom. The van der Waals surface area contributed by atoms with Crippen molar-refractivity contribution in [1.82, 2.24) is 29.4 Å². The molecule has 0 saturated carbocycles. The van der Waals surface area contributed by atoms with Gasteiger partial charge in [0, 0.05) is 47.0 Å². The summed E-state index contributed by atoms with van der Waals surface area (Å²) >= 11 is 0. The molecule has 68 heavy (non-hydrogen) atoms. The molecule has 2 unspecified atom stereocenters. The third kappa shape index (κ3) is 14.8. The average Bonchev–Trinajstić information content (AvgIpc) is 3.79. The molecule has 0 bridgehead atoms. The second-order valence-electron chi connectivity index (χ2n) is 19.4. The Balaban J connectivity index is 2.20. The third-order valence-corrected chi connectivity index (χ3v) is 12.2. The minimum atomic E-state index is -1.51. The fourth-order valence-corrected chi connectivity index (χ4v) is 8.34. The lowest BCUT2D eigenvalue weighted by Gasteiger charge is -2.36. The molecule has 1 aliphatic rings. The Bertz CT molecular complexity index is 2040. The monoisotopic (exact) mass is 953 g/mol. The van der Waals surface area contributed by atoms with Gasteiger partial charge in [-0.25, -0.2) is 19.2 Å². The lowest BCUT2D eigenvalue weighted by Crippen LogP contribution is -2.55. The number of rotatable bonds is 12. The van der Waals surface area contributed by atoms with Crippen LogP contribution in [0.2, 0.25) is 0 Å². The highest BCUT2D eigenvalue weighted by molar-refractivity contribution is 5.94. The molecule has 4 amide bonds. The molecular formula is C50H76N6O12. The van der Waals surface area contributed by atoms with Gasteiger partial charge in [-0.1, -0.05) is 93.5 Å². The molecule has 18 nitrogen and oxygen atoms in total. The van der Waals surface area contributed by atoms with Gasteiger partial charge in [-0.3, -0.25) is 23.9 Å². The zero-order valence-electron chi connectivity index (χ0n) is 42.8. The van der Waals surface area contributed by atoms with Gasteiger partial charge < -0.3 is 38.5 Å². The molecular weight excluding hydrogens is 877 g/mol. The number of amides is 4. The van der Waals surface area contributed by atoms with Crippen molar-refractivity contribution < 1.29 is 57.3 Å². The van der Waals surface area contributed by atoms with E-state index in [4.69, 9.17) is 18.9 Å². The number of cyclic esters (lactones) is 4. The zero-order valence-corrected chi connectivity index (χ0v) is 42.8. The molecule has 378 valence electrons. The first kappa shape index (κ1) is 56.5. The van der Waals surface area contributed by atoms with E-state index in [1.54, 1.807) is 64.6 Å². The Labute approximate surface area is 402 Å². The Hall–Kier alpha value is -5.81. The molecule has 0 aliphatic carbocycles. The summed E-state index contributed by atoms with van der Waals surface area (Å²) in [6.07, 6.45) is -2.07. The summed E-state index contributed by atoms with van der Waals surface area (Å²) in [4.78, 5) is 119. The van der Waals surface area contributed by atoms with E-state index in [-0.39, 0.29) is 43.9 Å². The number of hydrogen-bond acceptors (Lipinski definition) is 13. The van der Waals surface area contributed by atoms with E-state index in [1.807, 2.05) is 52.1 Å². The lowest BCUT2D eigenvalue weighted by molar-refractivity contribution is -0.177. The van der Waals surface area contributed by atoms with Crippen molar-refractivity contribution in [1.29, 1.82) is 0 Å². The van der Waals surface area contributed by atoms with Gasteiger partial charge in [0.05, 0.1) is 6.54 Å². The predicted molar refractivity (Wildman–Crippen MR) is 252 cm³/mol. The molecule has 8 atom stereocenters. The summed E-state index contributed by atoms with van der Waals surface area (Å²) in [5, 5.41) is 4.26. The molecule has 1 fully saturated rings. The summed E-state index contributed by atoms with van der Waals surface area (Å²) in [5.74, 6) is -7.90. The quantitative estimate of drug-likeness (QED) is 0.210. The number of likely N-dealkylation sites (N-methyl/N-ethyl adjacent to an activating group) is 4. The number of carbonyl (C=O) groups is 8. The molecule has 1 aromatic heterocycles. The van der Waals surface area contributed by atoms with Gasteiger partial charge in [0.2, 0.25) is 0 Å². The average molecular weight is 953 g/mol. The van der Waals surface area contributed by atoms with E-state index in [1.165, 1.54) is 35.1 Å². The highest BCUT2D eigenvalue weighted by Gasteiger charge is 2.43. The number of ether oxygens (including phenoxy) is 4. The number of benzene rings is 1. The van der Waals surface area contributed by atoms with Crippen LogP contribution in [-0.2, 0) is 70.3 Å². The van der Waals surface area contributed by atoms with Crippen LogP contribution in [0.3, 0.4) is 0 Å². The fraction of sp³-hybridized carbons (Fsp3) is 0.660. The van der Waals surface area contributed by atoms with E-state index in [0.29, 0.717) is 12.1 Å². The summed E-state index contributed by atoms with van der Waals surface area (Å²) in [7, 11) is 5.53. The first-order valence-corrected chi connectivity index (χ1v) is 23.8. The van der Waals surface area contributed by atoms with Crippen LogP contribution in [-0.4, -0.2) is 154 Å². The van der Waals surface area contributed by atoms with E-state index < -0.39 is 108 Å². The van der Waals surface area contributed by atoms with Crippen molar-refractivity contribution in [2.45, 2.75) is 163 Å². The Morgan fingerprint density at radius 3 is 1.35 bits per heavy atom. The number of esters is 4. The van der Waals surface area contributed by atoms with Crippen LogP contribution in [0.15, 0.2) is 42.7 Å². The Kier molecular flexibility index (Phi) is 21.2.